The predicted octanol–water partition coefficient (Wildman–Crippen LogP) is 2.64. The molecule has 5 heteroatoms. The molecule has 0 saturated carbocycles. The lowest BCUT2D eigenvalue weighted by atomic mass is 10.2. The van der Waals surface area contributed by atoms with Crippen LogP contribution >= 0.6 is 0 Å². The lowest BCUT2D eigenvalue weighted by Crippen LogP contribution is -2.29. The molecule has 0 fully saturated rings. The quantitative estimate of drug-likeness (QED) is 0.830. The highest BCUT2D eigenvalue weighted by molar-refractivity contribution is 5.85. The number of hydrogen-bond acceptors (Lipinski definition) is 4. The third kappa shape index (κ3) is 3.62. The molecule has 1 aromatic heterocycles. The number of benzene rings is 1. The van der Waals surface area contributed by atoms with Crippen LogP contribution in [0.3, 0.4) is 0 Å². The van der Waals surface area contributed by atoms with Crippen molar-refractivity contribution in [1.82, 2.24) is 4.98 Å². The Morgan fingerprint density at radius 3 is 2.76 bits per heavy atom. The number of carbonyl (C=O) groups is 1. The molecule has 21 heavy (non-hydrogen) atoms. The molecule has 0 aliphatic rings. The van der Waals surface area contributed by atoms with Gasteiger partial charge in [0.2, 0.25) is 5.56 Å². The van der Waals surface area contributed by atoms with E-state index in [4.69, 9.17) is 9.47 Å². The fraction of sp³-hybridized carbons (Fsp3) is 0.375. The maximum absolute atomic E-state index is 11.9. The van der Waals surface area contributed by atoms with Gasteiger partial charge < -0.3 is 14.5 Å². The Hall–Kier alpha value is -2.30. The highest BCUT2D eigenvalue weighted by atomic mass is 16.6. The summed E-state index contributed by atoms with van der Waals surface area (Å²) in [5.74, 6) is 0.103. The van der Waals surface area contributed by atoms with E-state index >= 15 is 0 Å². The molecule has 1 atom stereocenters. The summed E-state index contributed by atoms with van der Waals surface area (Å²) < 4.78 is 10.8. The first-order chi connectivity index (χ1) is 10.2. The second-order valence-electron chi connectivity index (χ2n) is 4.69. The minimum absolute atomic E-state index is 0.207. The maximum atomic E-state index is 11.9. The van der Waals surface area contributed by atoms with Gasteiger partial charge in [-0.1, -0.05) is 25.5 Å². The van der Waals surface area contributed by atoms with E-state index < -0.39 is 6.10 Å². The molecule has 0 radical (unpaired) electrons. The van der Waals surface area contributed by atoms with Gasteiger partial charge in [-0.15, -0.1) is 0 Å². The zero-order valence-electron chi connectivity index (χ0n) is 12.2. The topological polar surface area (TPSA) is 68.4 Å². The Balaban J connectivity index is 2.34. The summed E-state index contributed by atoms with van der Waals surface area (Å²) in [5, 5.41) is 0.853. The molecule has 2 rings (SSSR count). The number of aromatic nitrogens is 1. The Bertz CT molecular complexity index is 677. The van der Waals surface area contributed by atoms with Gasteiger partial charge in [0.1, 0.15) is 5.75 Å². The third-order valence-electron chi connectivity index (χ3n) is 3.09. The van der Waals surface area contributed by atoms with Gasteiger partial charge in [-0.3, -0.25) is 4.79 Å². The van der Waals surface area contributed by atoms with Gasteiger partial charge in [0.05, 0.1) is 12.1 Å². The highest BCUT2D eigenvalue weighted by Gasteiger charge is 2.21. The Labute approximate surface area is 122 Å². The summed E-state index contributed by atoms with van der Waals surface area (Å²) in [6, 6.07) is 8.61. The molecule has 0 aliphatic carbocycles. The van der Waals surface area contributed by atoms with Crippen LogP contribution in [-0.2, 0) is 9.53 Å². The predicted molar refractivity (Wildman–Crippen MR) is 80.5 cm³/mol. The maximum Gasteiger partial charge on any atom is 0.347 e. The zero-order valence-corrected chi connectivity index (χ0v) is 12.2. The zero-order chi connectivity index (χ0) is 15.2. The first-order valence-electron chi connectivity index (χ1n) is 7.11. The van der Waals surface area contributed by atoms with Gasteiger partial charge in [-0.2, -0.15) is 0 Å². The van der Waals surface area contributed by atoms with Gasteiger partial charge in [-0.05, 0) is 25.5 Å². The molecule has 0 saturated heterocycles. The molecule has 1 unspecified atom stereocenters. The lowest BCUT2D eigenvalue weighted by Gasteiger charge is -2.18. The number of nitrogens with one attached hydrogen (secondary N) is 1. The Morgan fingerprint density at radius 2 is 2.05 bits per heavy atom. The molecule has 0 bridgehead atoms. The Morgan fingerprint density at radius 1 is 1.24 bits per heavy atom. The van der Waals surface area contributed by atoms with Crippen molar-refractivity contribution in [3.8, 4) is 5.75 Å². The van der Waals surface area contributed by atoms with Crippen LogP contribution in [0, 0.1) is 0 Å². The van der Waals surface area contributed by atoms with Crippen LogP contribution in [0.1, 0.15) is 26.7 Å². The molecule has 1 N–H and O–H groups in total. The van der Waals surface area contributed by atoms with Gasteiger partial charge in [0, 0.05) is 11.5 Å². The number of ether oxygens (including phenoxy) is 2. The molecule has 1 heterocycles. The van der Waals surface area contributed by atoms with E-state index in [1.165, 1.54) is 6.07 Å². The minimum atomic E-state index is -0.663. The summed E-state index contributed by atoms with van der Waals surface area (Å²) in [6.07, 6.45) is 0.695. The molecule has 2 aromatic rings. The average molecular weight is 289 g/mol. The van der Waals surface area contributed by atoms with Crippen LogP contribution in [0.5, 0.6) is 5.75 Å². The highest BCUT2D eigenvalue weighted by Crippen LogP contribution is 2.24. The fourth-order valence-corrected chi connectivity index (χ4v) is 2.12. The number of esters is 1. The van der Waals surface area contributed by atoms with Crippen molar-refractivity contribution in [2.24, 2.45) is 0 Å². The molecule has 5 nitrogen and oxygen atoms in total. The number of carbonyl (C=O) groups excluding carboxylic acids is 1. The van der Waals surface area contributed by atoms with Gasteiger partial charge in [-0.25, -0.2) is 4.79 Å². The number of H-pyrrole nitrogens is 1. The third-order valence-corrected chi connectivity index (χ3v) is 3.09. The second kappa shape index (κ2) is 6.92. The molecule has 112 valence electrons. The van der Waals surface area contributed by atoms with Crippen molar-refractivity contribution >= 4 is 16.9 Å². The SMILES string of the molecule is CCCC(Oc1cccc2ccc(=O)[nH]c12)C(=O)OCC. The number of aromatic amines is 1. The van der Waals surface area contributed by atoms with E-state index in [-0.39, 0.29) is 11.5 Å². The summed E-state index contributed by atoms with van der Waals surface area (Å²) in [5.41, 5.74) is 0.386. The minimum Gasteiger partial charge on any atom is -0.477 e. The second-order valence-corrected chi connectivity index (χ2v) is 4.69. The fourth-order valence-electron chi connectivity index (χ4n) is 2.12. The molecule has 0 amide bonds. The summed E-state index contributed by atoms with van der Waals surface area (Å²) in [6.45, 7) is 4.05. The molecule has 0 spiro atoms. The Kier molecular flexibility index (Phi) is 4.98. The first-order valence-corrected chi connectivity index (χ1v) is 7.11. The lowest BCUT2D eigenvalue weighted by molar-refractivity contribution is -0.151. The molecule has 1 aromatic carbocycles. The summed E-state index contributed by atoms with van der Waals surface area (Å²) >= 11 is 0. The molecular formula is C16H19NO4. The normalized spacial score (nSPS) is 12.1. The number of hydrogen-bond donors (Lipinski definition) is 1. The van der Waals surface area contributed by atoms with Gasteiger partial charge in [0.25, 0.3) is 0 Å². The average Bonchev–Trinajstić information content (AvgIpc) is 2.47. The van der Waals surface area contributed by atoms with Gasteiger partial charge in [0.15, 0.2) is 6.10 Å². The van der Waals surface area contributed by atoms with E-state index in [0.717, 1.165) is 11.8 Å². The van der Waals surface area contributed by atoms with Crippen LogP contribution in [-0.4, -0.2) is 23.7 Å². The van der Waals surface area contributed by atoms with Crippen LogP contribution < -0.4 is 10.3 Å². The van der Waals surface area contributed by atoms with Crippen LogP contribution in [0.4, 0.5) is 0 Å². The first kappa shape index (κ1) is 15.1. The van der Waals surface area contributed by atoms with Crippen LogP contribution in [0.15, 0.2) is 35.1 Å². The molecular weight excluding hydrogens is 270 g/mol. The van der Waals surface area contributed by atoms with Crippen molar-refractivity contribution < 1.29 is 14.3 Å². The van der Waals surface area contributed by atoms with E-state index in [0.29, 0.717) is 24.3 Å². The standard InChI is InChI=1S/C16H19NO4/c1-3-6-13(16(19)20-4-2)21-12-8-5-7-11-9-10-14(18)17-15(11)12/h5,7-10,13H,3-4,6H2,1-2H3,(H,17,18). The van der Waals surface area contributed by atoms with Crippen molar-refractivity contribution in [3.63, 3.8) is 0 Å². The summed E-state index contributed by atoms with van der Waals surface area (Å²) in [7, 11) is 0. The van der Waals surface area contributed by atoms with Crippen molar-refractivity contribution in [2.45, 2.75) is 32.8 Å². The van der Waals surface area contributed by atoms with Crippen LogP contribution in [0.25, 0.3) is 10.9 Å². The van der Waals surface area contributed by atoms with Crippen molar-refractivity contribution in [3.05, 3.63) is 40.7 Å². The van der Waals surface area contributed by atoms with E-state index in [2.05, 4.69) is 4.98 Å². The van der Waals surface area contributed by atoms with E-state index in [1.807, 2.05) is 19.1 Å². The number of para-hydroxylation sites is 1. The smallest absolute Gasteiger partial charge is 0.347 e. The van der Waals surface area contributed by atoms with Crippen LogP contribution in [0.2, 0.25) is 0 Å². The van der Waals surface area contributed by atoms with Gasteiger partial charge >= 0.3 is 5.97 Å². The number of pyridine rings is 1. The number of rotatable bonds is 6. The van der Waals surface area contributed by atoms with Crippen molar-refractivity contribution in [1.29, 1.82) is 0 Å². The largest absolute Gasteiger partial charge is 0.477 e. The molecule has 0 aliphatic heterocycles. The van der Waals surface area contributed by atoms with Crippen molar-refractivity contribution in [2.75, 3.05) is 6.61 Å². The monoisotopic (exact) mass is 289 g/mol. The summed E-state index contributed by atoms with van der Waals surface area (Å²) in [4.78, 5) is 26.1. The van der Waals surface area contributed by atoms with E-state index in [9.17, 15) is 9.59 Å². The van der Waals surface area contributed by atoms with E-state index in [1.54, 1.807) is 19.1 Å². The number of fused-ring (bicyclic) bond motifs is 1.